The molecular formula is C10H11NO3. The number of ether oxygens (including phenoxy) is 2. The summed E-state index contributed by atoms with van der Waals surface area (Å²) in [6.07, 6.45) is 0. The molecule has 1 amide bonds. The standard InChI is InChI=1S/C10H11NO3/c1-6-3-7-10(8(4-6)13-2)14-5-9(12)11-7/h3-4H,5H2,1-2H3,(H,11,12). The lowest BCUT2D eigenvalue weighted by Crippen LogP contribution is -2.25. The third-order valence-corrected chi connectivity index (χ3v) is 2.04. The second-order valence-corrected chi connectivity index (χ2v) is 3.18. The van der Waals surface area contributed by atoms with Gasteiger partial charge < -0.3 is 14.8 Å². The zero-order valence-electron chi connectivity index (χ0n) is 8.09. The fraction of sp³-hybridized carbons (Fsp3) is 0.300. The Morgan fingerprint density at radius 3 is 3.00 bits per heavy atom. The maximum Gasteiger partial charge on any atom is 0.262 e. The number of hydrogen-bond donors (Lipinski definition) is 1. The van der Waals surface area contributed by atoms with Crippen molar-refractivity contribution in [3.8, 4) is 11.5 Å². The van der Waals surface area contributed by atoms with Crippen LogP contribution in [0.1, 0.15) is 5.56 Å². The van der Waals surface area contributed by atoms with Crippen LogP contribution in [0.25, 0.3) is 0 Å². The van der Waals surface area contributed by atoms with E-state index in [1.165, 1.54) is 0 Å². The number of carbonyl (C=O) groups is 1. The van der Waals surface area contributed by atoms with Crippen molar-refractivity contribution >= 4 is 11.6 Å². The molecule has 0 radical (unpaired) electrons. The largest absolute Gasteiger partial charge is 0.493 e. The first kappa shape index (κ1) is 8.87. The fourth-order valence-corrected chi connectivity index (χ4v) is 1.46. The Morgan fingerprint density at radius 1 is 1.50 bits per heavy atom. The number of nitrogens with one attached hydrogen (secondary N) is 1. The molecule has 0 saturated heterocycles. The zero-order chi connectivity index (χ0) is 10.1. The van der Waals surface area contributed by atoms with Gasteiger partial charge in [-0.25, -0.2) is 0 Å². The molecule has 1 aliphatic heterocycles. The lowest BCUT2D eigenvalue weighted by molar-refractivity contribution is -0.118. The molecule has 1 aromatic carbocycles. The number of anilines is 1. The van der Waals surface area contributed by atoms with Gasteiger partial charge in [-0.05, 0) is 24.6 Å². The molecule has 0 saturated carbocycles. The predicted octanol–water partition coefficient (Wildman–Crippen LogP) is 1.33. The summed E-state index contributed by atoms with van der Waals surface area (Å²) < 4.78 is 10.4. The molecule has 0 atom stereocenters. The maximum atomic E-state index is 11.1. The predicted molar refractivity (Wildman–Crippen MR) is 51.9 cm³/mol. The number of rotatable bonds is 1. The summed E-state index contributed by atoms with van der Waals surface area (Å²) in [6, 6.07) is 3.73. The molecule has 0 bridgehead atoms. The average molecular weight is 193 g/mol. The van der Waals surface area contributed by atoms with Crippen LogP contribution in [0.3, 0.4) is 0 Å². The summed E-state index contributed by atoms with van der Waals surface area (Å²) in [5, 5.41) is 2.73. The van der Waals surface area contributed by atoms with Crippen LogP contribution in [-0.2, 0) is 4.79 Å². The van der Waals surface area contributed by atoms with Gasteiger partial charge in [-0.2, -0.15) is 0 Å². The summed E-state index contributed by atoms with van der Waals surface area (Å²) in [4.78, 5) is 11.1. The van der Waals surface area contributed by atoms with Gasteiger partial charge in [0.25, 0.3) is 5.91 Å². The third kappa shape index (κ3) is 1.39. The minimum Gasteiger partial charge on any atom is -0.493 e. The smallest absolute Gasteiger partial charge is 0.262 e. The monoisotopic (exact) mass is 193 g/mol. The highest BCUT2D eigenvalue weighted by molar-refractivity contribution is 5.96. The molecule has 1 heterocycles. The van der Waals surface area contributed by atoms with Gasteiger partial charge in [0.15, 0.2) is 18.1 Å². The summed E-state index contributed by atoms with van der Waals surface area (Å²) in [6.45, 7) is 1.98. The molecule has 4 nitrogen and oxygen atoms in total. The van der Waals surface area contributed by atoms with E-state index in [9.17, 15) is 4.79 Å². The van der Waals surface area contributed by atoms with E-state index in [1.54, 1.807) is 7.11 Å². The lowest BCUT2D eigenvalue weighted by Gasteiger charge is -2.20. The van der Waals surface area contributed by atoms with E-state index < -0.39 is 0 Å². The topological polar surface area (TPSA) is 47.6 Å². The van der Waals surface area contributed by atoms with Crippen molar-refractivity contribution in [2.75, 3.05) is 19.0 Å². The molecule has 0 spiro atoms. The van der Waals surface area contributed by atoms with Gasteiger partial charge in [0.1, 0.15) is 0 Å². The number of amides is 1. The molecule has 4 heteroatoms. The second kappa shape index (κ2) is 3.21. The fourth-order valence-electron chi connectivity index (χ4n) is 1.46. The van der Waals surface area contributed by atoms with Crippen LogP contribution in [0.4, 0.5) is 5.69 Å². The average Bonchev–Trinajstić information content (AvgIpc) is 2.15. The van der Waals surface area contributed by atoms with E-state index in [4.69, 9.17) is 9.47 Å². The van der Waals surface area contributed by atoms with Gasteiger partial charge in [-0.15, -0.1) is 0 Å². The number of methoxy groups -OCH3 is 1. The van der Waals surface area contributed by atoms with Crippen molar-refractivity contribution < 1.29 is 14.3 Å². The number of carbonyl (C=O) groups excluding carboxylic acids is 1. The Bertz CT molecular complexity index is 387. The number of benzene rings is 1. The van der Waals surface area contributed by atoms with Gasteiger partial charge in [0, 0.05) is 0 Å². The molecule has 14 heavy (non-hydrogen) atoms. The SMILES string of the molecule is COc1cc(C)cc2c1OCC(=O)N2. The zero-order valence-corrected chi connectivity index (χ0v) is 8.09. The van der Waals surface area contributed by atoms with E-state index >= 15 is 0 Å². The number of fused-ring (bicyclic) bond motifs is 1. The highest BCUT2D eigenvalue weighted by Gasteiger charge is 2.19. The van der Waals surface area contributed by atoms with Crippen LogP contribution in [0.15, 0.2) is 12.1 Å². The van der Waals surface area contributed by atoms with E-state index in [1.807, 2.05) is 19.1 Å². The molecule has 0 fully saturated rings. The van der Waals surface area contributed by atoms with E-state index in [-0.39, 0.29) is 12.5 Å². The maximum absolute atomic E-state index is 11.1. The van der Waals surface area contributed by atoms with Crippen LogP contribution >= 0.6 is 0 Å². The Labute approximate surface area is 81.8 Å². The summed E-state index contributed by atoms with van der Waals surface area (Å²) >= 11 is 0. The quantitative estimate of drug-likeness (QED) is 0.732. The third-order valence-electron chi connectivity index (χ3n) is 2.04. The first-order valence-electron chi connectivity index (χ1n) is 4.32. The number of hydrogen-bond acceptors (Lipinski definition) is 3. The molecule has 1 aliphatic rings. The molecule has 2 rings (SSSR count). The Balaban J connectivity index is 2.51. The Kier molecular flexibility index (Phi) is 2.04. The molecule has 74 valence electrons. The van der Waals surface area contributed by atoms with Crippen molar-refractivity contribution in [2.45, 2.75) is 6.92 Å². The second-order valence-electron chi connectivity index (χ2n) is 3.18. The Morgan fingerprint density at radius 2 is 2.29 bits per heavy atom. The highest BCUT2D eigenvalue weighted by Crippen LogP contribution is 2.38. The summed E-state index contributed by atoms with van der Waals surface area (Å²) in [7, 11) is 1.58. The van der Waals surface area contributed by atoms with Crippen molar-refractivity contribution in [2.24, 2.45) is 0 Å². The molecule has 0 aromatic heterocycles. The first-order chi connectivity index (χ1) is 6.70. The van der Waals surface area contributed by atoms with E-state index in [2.05, 4.69) is 5.32 Å². The first-order valence-corrected chi connectivity index (χ1v) is 4.32. The Hall–Kier alpha value is -1.71. The van der Waals surface area contributed by atoms with Gasteiger partial charge in [-0.3, -0.25) is 4.79 Å². The van der Waals surface area contributed by atoms with Crippen LogP contribution in [0.2, 0.25) is 0 Å². The molecule has 0 aliphatic carbocycles. The number of aryl methyl sites for hydroxylation is 1. The van der Waals surface area contributed by atoms with E-state index in [0.29, 0.717) is 17.2 Å². The van der Waals surface area contributed by atoms with Crippen molar-refractivity contribution in [3.63, 3.8) is 0 Å². The van der Waals surface area contributed by atoms with Crippen LogP contribution in [0.5, 0.6) is 11.5 Å². The van der Waals surface area contributed by atoms with E-state index in [0.717, 1.165) is 5.56 Å². The minimum atomic E-state index is -0.134. The lowest BCUT2D eigenvalue weighted by atomic mass is 10.1. The normalized spacial score (nSPS) is 14.0. The van der Waals surface area contributed by atoms with Gasteiger partial charge >= 0.3 is 0 Å². The minimum absolute atomic E-state index is 0.0480. The summed E-state index contributed by atoms with van der Waals surface area (Å²) in [5.74, 6) is 1.13. The van der Waals surface area contributed by atoms with Crippen molar-refractivity contribution in [3.05, 3.63) is 17.7 Å². The molecule has 0 unspecified atom stereocenters. The summed E-state index contributed by atoms with van der Waals surface area (Å²) in [5.41, 5.74) is 1.70. The van der Waals surface area contributed by atoms with Crippen molar-refractivity contribution in [1.29, 1.82) is 0 Å². The van der Waals surface area contributed by atoms with Crippen LogP contribution in [0, 0.1) is 6.92 Å². The highest BCUT2D eigenvalue weighted by atomic mass is 16.5. The molecular weight excluding hydrogens is 182 g/mol. The molecule has 1 aromatic rings. The van der Waals surface area contributed by atoms with Gasteiger partial charge in [-0.1, -0.05) is 0 Å². The van der Waals surface area contributed by atoms with Crippen molar-refractivity contribution in [1.82, 2.24) is 0 Å². The van der Waals surface area contributed by atoms with Gasteiger partial charge in [0.05, 0.1) is 12.8 Å². The molecule has 1 N–H and O–H groups in total. The van der Waals surface area contributed by atoms with Gasteiger partial charge in [0.2, 0.25) is 0 Å². The van der Waals surface area contributed by atoms with Crippen LogP contribution in [-0.4, -0.2) is 19.6 Å². The van der Waals surface area contributed by atoms with Crippen LogP contribution < -0.4 is 14.8 Å².